The van der Waals surface area contributed by atoms with E-state index in [1.54, 1.807) is 30.2 Å². The lowest BCUT2D eigenvalue weighted by molar-refractivity contribution is 0.0767. The first-order valence-electron chi connectivity index (χ1n) is 10.4. The first kappa shape index (κ1) is 21.7. The van der Waals surface area contributed by atoms with Gasteiger partial charge in [0.15, 0.2) is 0 Å². The quantitative estimate of drug-likeness (QED) is 0.486. The lowest BCUT2D eigenvalue weighted by Gasteiger charge is -2.24. The van der Waals surface area contributed by atoms with E-state index in [1.165, 1.54) is 5.69 Å². The predicted molar refractivity (Wildman–Crippen MR) is 129 cm³/mol. The van der Waals surface area contributed by atoms with Crippen LogP contribution in [0.25, 0.3) is 0 Å². The van der Waals surface area contributed by atoms with Crippen molar-refractivity contribution in [3.8, 4) is 5.75 Å². The molecule has 1 aliphatic heterocycles. The molecule has 7 heteroatoms. The van der Waals surface area contributed by atoms with E-state index in [4.69, 9.17) is 4.74 Å². The number of nitrogens with zero attached hydrogens (tertiary/aromatic N) is 3. The van der Waals surface area contributed by atoms with Crippen molar-refractivity contribution in [2.24, 2.45) is 0 Å². The van der Waals surface area contributed by atoms with E-state index in [1.807, 2.05) is 48.2 Å². The van der Waals surface area contributed by atoms with Crippen LogP contribution in [0.4, 0.5) is 5.69 Å². The zero-order chi connectivity index (χ0) is 21.6. The largest absolute Gasteiger partial charge is 0.497 e. The summed E-state index contributed by atoms with van der Waals surface area (Å²) in [5.74, 6) is 1.83. The van der Waals surface area contributed by atoms with Gasteiger partial charge in [-0.25, -0.2) is 4.98 Å². The molecule has 1 amide bonds. The van der Waals surface area contributed by atoms with E-state index < -0.39 is 0 Å². The Bertz CT molecular complexity index is 1000. The van der Waals surface area contributed by atoms with Crippen LogP contribution in [0.1, 0.15) is 27.5 Å². The van der Waals surface area contributed by atoms with Gasteiger partial charge in [0, 0.05) is 53.5 Å². The van der Waals surface area contributed by atoms with E-state index in [0.717, 1.165) is 65.3 Å². The highest BCUT2D eigenvalue weighted by Crippen LogP contribution is 2.25. The minimum Gasteiger partial charge on any atom is -0.497 e. The van der Waals surface area contributed by atoms with Crippen molar-refractivity contribution in [2.45, 2.75) is 24.0 Å². The molecule has 0 bridgehead atoms. The van der Waals surface area contributed by atoms with Gasteiger partial charge in [-0.2, -0.15) is 0 Å². The average molecular weight is 454 g/mol. The molecule has 0 atom stereocenters. The number of methoxy groups -OCH3 is 1. The van der Waals surface area contributed by atoms with Gasteiger partial charge < -0.3 is 14.5 Å². The Labute approximate surface area is 192 Å². The Balaban J connectivity index is 1.33. The smallest absolute Gasteiger partial charge is 0.253 e. The summed E-state index contributed by atoms with van der Waals surface area (Å²) >= 11 is 3.43. The van der Waals surface area contributed by atoms with Crippen LogP contribution >= 0.6 is 23.1 Å². The van der Waals surface area contributed by atoms with Gasteiger partial charge in [-0.3, -0.25) is 4.79 Å². The summed E-state index contributed by atoms with van der Waals surface area (Å²) in [6.45, 7) is 5.31. The summed E-state index contributed by atoms with van der Waals surface area (Å²) in [7, 11) is 1.68. The van der Waals surface area contributed by atoms with E-state index in [9.17, 15) is 4.79 Å². The van der Waals surface area contributed by atoms with Gasteiger partial charge in [-0.15, -0.1) is 23.1 Å². The van der Waals surface area contributed by atoms with Crippen molar-refractivity contribution in [1.82, 2.24) is 9.88 Å². The molecule has 2 heterocycles. The molecule has 0 unspecified atom stereocenters. The number of carbonyl (C=O) groups is 1. The maximum absolute atomic E-state index is 13.0. The molecule has 0 saturated carbocycles. The third-order valence-corrected chi connectivity index (χ3v) is 7.24. The third kappa shape index (κ3) is 5.60. The fourth-order valence-corrected chi connectivity index (χ4v) is 5.19. The summed E-state index contributed by atoms with van der Waals surface area (Å²) < 4.78 is 5.25. The van der Waals surface area contributed by atoms with Crippen LogP contribution in [-0.2, 0) is 5.75 Å². The first-order chi connectivity index (χ1) is 15.1. The molecule has 0 aliphatic carbocycles. The number of rotatable bonds is 6. The van der Waals surface area contributed by atoms with Crippen LogP contribution in [0, 0.1) is 6.92 Å². The van der Waals surface area contributed by atoms with Gasteiger partial charge in [-0.1, -0.05) is 0 Å². The highest BCUT2D eigenvalue weighted by atomic mass is 32.2. The Hall–Kier alpha value is -2.51. The second-order valence-corrected chi connectivity index (χ2v) is 9.61. The molecule has 1 aromatic heterocycles. The maximum Gasteiger partial charge on any atom is 0.253 e. The first-order valence-corrected chi connectivity index (χ1v) is 12.3. The molecule has 3 aromatic rings. The van der Waals surface area contributed by atoms with Crippen LogP contribution in [0.5, 0.6) is 5.75 Å². The number of thiazole rings is 1. The van der Waals surface area contributed by atoms with Gasteiger partial charge in [0.1, 0.15) is 5.75 Å². The van der Waals surface area contributed by atoms with Gasteiger partial charge in [0.05, 0.1) is 17.8 Å². The average Bonchev–Trinajstić information content (AvgIpc) is 3.07. The molecular formula is C24H27N3O2S2. The minimum absolute atomic E-state index is 0.114. The van der Waals surface area contributed by atoms with E-state index >= 15 is 0 Å². The number of benzene rings is 2. The number of aromatic nitrogens is 1. The minimum atomic E-state index is 0.114. The molecule has 5 nitrogen and oxygen atoms in total. The zero-order valence-corrected chi connectivity index (χ0v) is 19.5. The van der Waals surface area contributed by atoms with Crippen molar-refractivity contribution in [3.05, 3.63) is 70.2 Å². The molecule has 0 radical (unpaired) electrons. The van der Waals surface area contributed by atoms with E-state index in [-0.39, 0.29) is 5.91 Å². The molecule has 1 fully saturated rings. The predicted octanol–water partition coefficient (Wildman–Crippen LogP) is 5.10. The van der Waals surface area contributed by atoms with Crippen LogP contribution in [-0.4, -0.2) is 49.1 Å². The topological polar surface area (TPSA) is 45.7 Å². The van der Waals surface area contributed by atoms with Crippen LogP contribution in [0.2, 0.25) is 0 Å². The molecule has 1 aliphatic rings. The van der Waals surface area contributed by atoms with Crippen LogP contribution < -0.4 is 9.64 Å². The lowest BCUT2D eigenvalue weighted by Crippen LogP contribution is -2.35. The van der Waals surface area contributed by atoms with Gasteiger partial charge >= 0.3 is 0 Å². The second kappa shape index (κ2) is 10.2. The summed E-state index contributed by atoms with van der Waals surface area (Å²) in [4.78, 5) is 23.0. The molecule has 1 saturated heterocycles. The standard InChI is InChI=1S/C24H27N3O2S2/c1-18-25-20(16-30-18)17-31-23-10-4-19(5-11-23)24(28)27-13-3-12-26(14-15-27)21-6-8-22(29-2)9-7-21/h4-11,16H,3,12-15,17H2,1-2H3. The Morgan fingerprint density at radius 2 is 1.84 bits per heavy atom. The number of carbonyl (C=O) groups excluding carboxylic acids is 1. The normalized spacial score (nSPS) is 14.4. The summed E-state index contributed by atoms with van der Waals surface area (Å²) in [5.41, 5.74) is 3.04. The molecule has 4 rings (SSSR count). The lowest BCUT2D eigenvalue weighted by atomic mass is 10.2. The van der Waals surface area contributed by atoms with Crippen molar-refractivity contribution in [2.75, 3.05) is 38.2 Å². The van der Waals surface area contributed by atoms with Crippen molar-refractivity contribution >= 4 is 34.7 Å². The Morgan fingerprint density at radius 1 is 1.06 bits per heavy atom. The number of ether oxygens (including phenoxy) is 1. The SMILES string of the molecule is COc1ccc(N2CCCN(C(=O)c3ccc(SCc4csc(C)n4)cc3)CC2)cc1. The molecule has 2 aromatic carbocycles. The summed E-state index contributed by atoms with van der Waals surface area (Å²) in [6, 6.07) is 16.1. The third-order valence-electron chi connectivity index (χ3n) is 5.38. The number of amides is 1. The summed E-state index contributed by atoms with van der Waals surface area (Å²) in [5, 5.41) is 3.20. The fraction of sp³-hybridized carbons (Fsp3) is 0.333. The number of hydrogen-bond acceptors (Lipinski definition) is 6. The highest BCUT2D eigenvalue weighted by Gasteiger charge is 2.20. The maximum atomic E-state index is 13.0. The molecule has 0 spiro atoms. The van der Waals surface area contributed by atoms with Crippen LogP contribution in [0.3, 0.4) is 0 Å². The van der Waals surface area contributed by atoms with E-state index in [0.29, 0.717) is 0 Å². The molecular weight excluding hydrogens is 426 g/mol. The molecule has 0 N–H and O–H groups in total. The fourth-order valence-electron chi connectivity index (χ4n) is 3.68. The Kier molecular flexibility index (Phi) is 7.14. The number of hydrogen-bond donors (Lipinski definition) is 0. The van der Waals surface area contributed by atoms with Gasteiger partial charge in [-0.05, 0) is 61.9 Å². The monoisotopic (exact) mass is 453 g/mol. The van der Waals surface area contributed by atoms with Crippen LogP contribution in [0.15, 0.2) is 58.8 Å². The Morgan fingerprint density at radius 3 is 2.52 bits per heavy atom. The molecule has 162 valence electrons. The number of aryl methyl sites for hydroxylation is 1. The highest BCUT2D eigenvalue weighted by molar-refractivity contribution is 7.98. The number of thioether (sulfide) groups is 1. The second-order valence-electron chi connectivity index (χ2n) is 7.50. The van der Waals surface area contributed by atoms with Crippen molar-refractivity contribution in [3.63, 3.8) is 0 Å². The summed E-state index contributed by atoms with van der Waals surface area (Å²) in [6.07, 6.45) is 0.957. The molecule has 31 heavy (non-hydrogen) atoms. The van der Waals surface area contributed by atoms with Crippen molar-refractivity contribution in [1.29, 1.82) is 0 Å². The number of anilines is 1. The van der Waals surface area contributed by atoms with Crippen molar-refractivity contribution < 1.29 is 9.53 Å². The zero-order valence-electron chi connectivity index (χ0n) is 17.9. The van der Waals surface area contributed by atoms with Gasteiger partial charge in [0.25, 0.3) is 5.91 Å². The van der Waals surface area contributed by atoms with Gasteiger partial charge in [0.2, 0.25) is 0 Å². The van der Waals surface area contributed by atoms with E-state index in [2.05, 4.69) is 27.4 Å².